The van der Waals surface area contributed by atoms with Gasteiger partial charge in [-0.15, -0.1) is 0 Å². The Kier molecular flexibility index (Phi) is 7.75. The molecule has 1 aromatic carbocycles. The molecule has 148 valence electrons. The highest BCUT2D eigenvalue weighted by Crippen LogP contribution is 2.28. The third-order valence-electron chi connectivity index (χ3n) is 4.88. The zero-order chi connectivity index (χ0) is 19.8. The molecule has 2 rings (SSSR count). The molecular weight excluding hydrogens is 352 g/mol. The lowest BCUT2D eigenvalue weighted by Gasteiger charge is -2.44. The minimum Gasteiger partial charge on any atom is -0.480 e. The van der Waals surface area contributed by atoms with E-state index < -0.39 is 17.9 Å². The van der Waals surface area contributed by atoms with Crippen molar-refractivity contribution in [3.05, 3.63) is 35.9 Å². The molecule has 0 radical (unpaired) electrons. The molecule has 3 N–H and O–H groups in total. The fraction of sp³-hybridized carbons (Fsp3) is 0.526. The van der Waals surface area contributed by atoms with Crippen LogP contribution in [0.15, 0.2) is 30.3 Å². The smallest absolute Gasteiger partial charge is 0.317 e. The zero-order valence-corrected chi connectivity index (χ0v) is 15.2. The fourth-order valence-corrected chi connectivity index (χ4v) is 3.86. The molecule has 2 unspecified atom stereocenters. The summed E-state index contributed by atoms with van der Waals surface area (Å²) in [6.45, 7) is -0.508. The maximum absolute atomic E-state index is 11.4. The number of carboxylic acid groups (broad SMARTS) is 3. The predicted octanol–water partition coefficient (Wildman–Crippen LogP) is 1.36. The molecule has 1 fully saturated rings. The monoisotopic (exact) mass is 378 g/mol. The van der Waals surface area contributed by atoms with Crippen molar-refractivity contribution in [2.75, 3.05) is 19.6 Å². The largest absolute Gasteiger partial charge is 0.480 e. The Morgan fingerprint density at radius 2 is 1.22 bits per heavy atom. The Hall–Kier alpha value is -2.45. The Bertz CT molecular complexity index is 635. The minimum absolute atomic E-state index is 0.177. The third-order valence-corrected chi connectivity index (χ3v) is 4.88. The Morgan fingerprint density at radius 1 is 0.778 bits per heavy atom. The van der Waals surface area contributed by atoms with Gasteiger partial charge in [0.25, 0.3) is 0 Å². The summed E-state index contributed by atoms with van der Waals surface area (Å²) in [5.74, 6) is -3.14. The highest BCUT2D eigenvalue weighted by molar-refractivity contribution is 5.72. The molecule has 8 nitrogen and oxygen atoms in total. The lowest BCUT2D eigenvalue weighted by atomic mass is 9.87. The van der Waals surface area contributed by atoms with Crippen LogP contribution in [-0.2, 0) is 20.9 Å². The zero-order valence-electron chi connectivity index (χ0n) is 15.2. The first-order chi connectivity index (χ1) is 12.9. The van der Waals surface area contributed by atoms with Gasteiger partial charge in [-0.25, -0.2) is 0 Å². The maximum Gasteiger partial charge on any atom is 0.317 e. The number of hydrogen-bond acceptors (Lipinski definition) is 5. The second-order valence-corrected chi connectivity index (χ2v) is 6.90. The van der Waals surface area contributed by atoms with Gasteiger partial charge < -0.3 is 15.3 Å². The van der Waals surface area contributed by atoms with Crippen molar-refractivity contribution in [3.8, 4) is 0 Å². The standard InChI is InChI=1S/C19H26N2O6/c22-17(23)11-20(10-14-6-2-1-3-7-14)15-8-4-5-9-16(15)21(12-18(24)25)13-19(26)27/h1-3,6-7,15-16H,4-5,8-13H2,(H,22,23)(H,24,25)(H,26,27). The summed E-state index contributed by atoms with van der Waals surface area (Å²) in [6.07, 6.45) is 3.12. The van der Waals surface area contributed by atoms with Gasteiger partial charge in [-0.1, -0.05) is 43.2 Å². The van der Waals surface area contributed by atoms with Crippen LogP contribution in [0.3, 0.4) is 0 Å². The Labute approximate surface area is 158 Å². The molecular formula is C19H26N2O6. The van der Waals surface area contributed by atoms with Crippen molar-refractivity contribution < 1.29 is 29.7 Å². The number of nitrogens with zero attached hydrogens (tertiary/aromatic N) is 2. The summed E-state index contributed by atoms with van der Waals surface area (Å²) in [7, 11) is 0. The van der Waals surface area contributed by atoms with Crippen molar-refractivity contribution in [2.45, 2.75) is 44.3 Å². The fourth-order valence-electron chi connectivity index (χ4n) is 3.86. The van der Waals surface area contributed by atoms with E-state index in [4.69, 9.17) is 0 Å². The third kappa shape index (κ3) is 6.65. The molecule has 0 aromatic heterocycles. The van der Waals surface area contributed by atoms with Crippen LogP contribution in [0.5, 0.6) is 0 Å². The first-order valence-corrected chi connectivity index (χ1v) is 9.04. The quantitative estimate of drug-likeness (QED) is 0.558. The van der Waals surface area contributed by atoms with Crippen LogP contribution >= 0.6 is 0 Å². The number of hydrogen-bond donors (Lipinski definition) is 3. The van der Waals surface area contributed by atoms with Gasteiger partial charge in [0.2, 0.25) is 0 Å². The Balaban J connectivity index is 2.26. The van der Waals surface area contributed by atoms with Crippen LogP contribution in [0.25, 0.3) is 0 Å². The molecule has 2 atom stereocenters. The number of rotatable bonds is 10. The van der Waals surface area contributed by atoms with E-state index in [0.717, 1.165) is 18.4 Å². The van der Waals surface area contributed by atoms with Crippen molar-refractivity contribution in [1.82, 2.24) is 9.80 Å². The second-order valence-electron chi connectivity index (χ2n) is 6.90. The summed E-state index contributed by atoms with van der Waals surface area (Å²) >= 11 is 0. The molecule has 8 heteroatoms. The van der Waals surface area contributed by atoms with Gasteiger partial charge in [-0.05, 0) is 18.4 Å². The molecule has 0 saturated heterocycles. The topological polar surface area (TPSA) is 118 Å². The molecule has 0 amide bonds. The average molecular weight is 378 g/mol. The highest BCUT2D eigenvalue weighted by atomic mass is 16.4. The van der Waals surface area contributed by atoms with Crippen molar-refractivity contribution in [2.24, 2.45) is 0 Å². The molecule has 1 aliphatic rings. The van der Waals surface area contributed by atoms with Gasteiger partial charge in [0, 0.05) is 18.6 Å². The van der Waals surface area contributed by atoms with Crippen LogP contribution in [0.4, 0.5) is 0 Å². The first-order valence-electron chi connectivity index (χ1n) is 9.04. The van der Waals surface area contributed by atoms with Crippen LogP contribution < -0.4 is 0 Å². The van der Waals surface area contributed by atoms with E-state index in [-0.39, 0.29) is 31.7 Å². The number of aliphatic carboxylic acids is 3. The van der Waals surface area contributed by atoms with Crippen molar-refractivity contribution in [1.29, 1.82) is 0 Å². The predicted molar refractivity (Wildman–Crippen MR) is 97.4 cm³/mol. The van der Waals surface area contributed by atoms with Gasteiger partial charge in [0.05, 0.1) is 19.6 Å². The van der Waals surface area contributed by atoms with E-state index >= 15 is 0 Å². The molecule has 1 saturated carbocycles. The van der Waals surface area contributed by atoms with Crippen LogP contribution in [0, 0.1) is 0 Å². The number of carbonyl (C=O) groups is 3. The van der Waals surface area contributed by atoms with Gasteiger partial charge in [-0.2, -0.15) is 0 Å². The summed E-state index contributed by atoms with van der Waals surface area (Å²) < 4.78 is 0. The second kappa shape index (κ2) is 10.0. The van der Waals surface area contributed by atoms with Gasteiger partial charge >= 0.3 is 17.9 Å². The molecule has 0 heterocycles. The van der Waals surface area contributed by atoms with E-state index in [2.05, 4.69) is 0 Å². The van der Waals surface area contributed by atoms with E-state index in [1.807, 2.05) is 35.2 Å². The number of benzene rings is 1. The first kappa shape index (κ1) is 20.9. The lowest BCUT2D eigenvalue weighted by molar-refractivity contribution is -0.146. The van der Waals surface area contributed by atoms with Crippen LogP contribution in [0.2, 0.25) is 0 Å². The summed E-state index contributed by atoms with van der Waals surface area (Å²) in [6, 6.07) is 8.96. The summed E-state index contributed by atoms with van der Waals surface area (Å²) in [4.78, 5) is 37.2. The summed E-state index contributed by atoms with van der Waals surface area (Å²) in [5, 5.41) is 27.7. The highest BCUT2D eigenvalue weighted by Gasteiger charge is 2.36. The van der Waals surface area contributed by atoms with Crippen molar-refractivity contribution >= 4 is 17.9 Å². The van der Waals surface area contributed by atoms with Crippen LogP contribution in [-0.4, -0.2) is 74.7 Å². The van der Waals surface area contributed by atoms with Crippen molar-refractivity contribution in [3.63, 3.8) is 0 Å². The van der Waals surface area contributed by atoms with E-state index in [0.29, 0.717) is 19.4 Å². The van der Waals surface area contributed by atoms with E-state index in [1.54, 1.807) is 0 Å². The average Bonchev–Trinajstić information content (AvgIpc) is 2.60. The van der Waals surface area contributed by atoms with Gasteiger partial charge in [-0.3, -0.25) is 24.2 Å². The van der Waals surface area contributed by atoms with Gasteiger partial charge in [0.1, 0.15) is 0 Å². The minimum atomic E-state index is -1.09. The molecule has 27 heavy (non-hydrogen) atoms. The molecule has 1 aromatic rings. The van der Waals surface area contributed by atoms with E-state index in [9.17, 15) is 29.7 Å². The molecule has 1 aliphatic carbocycles. The summed E-state index contributed by atoms with van der Waals surface area (Å²) in [5.41, 5.74) is 0.964. The molecule has 0 bridgehead atoms. The maximum atomic E-state index is 11.4. The normalized spacial score (nSPS) is 19.9. The van der Waals surface area contributed by atoms with E-state index in [1.165, 1.54) is 4.90 Å². The van der Waals surface area contributed by atoms with Gasteiger partial charge in [0.15, 0.2) is 0 Å². The molecule has 0 spiro atoms. The molecule has 0 aliphatic heterocycles. The Morgan fingerprint density at radius 3 is 1.70 bits per heavy atom. The van der Waals surface area contributed by atoms with Crippen LogP contribution in [0.1, 0.15) is 31.2 Å². The lowest BCUT2D eigenvalue weighted by Crippen LogP contribution is -2.56. The SMILES string of the molecule is O=C(O)CN(CC(=O)O)C1CCCCC1N(CC(=O)O)Cc1ccccc1. The number of carboxylic acids is 3.